The maximum Gasteiger partial charge on any atom is 0.278 e. The van der Waals surface area contributed by atoms with Gasteiger partial charge in [-0.2, -0.15) is 9.78 Å². The van der Waals surface area contributed by atoms with Gasteiger partial charge < -0.3 is 9.64 Å². The number of halogens is 2. The molecule has 0 aliphatic carbocycles. The molecule has 28 heavy (non-hydrogen) atoms. The standard InChI is InChI=1S/C20H15ClFN3O3/c1-12-2-4-14(11-15(12)21)25-19(26)7-5-16(23-25)20(27)24-8-9-28-18-10-13(22)3-6-17(18)24/h2-7,10-11H,8-9H2,1H3. The zero-order valence-corrected chi connectivity index (χ0v) is 15.6. The molecule has 1 aromatic heterocycles. The summed E-state index contributed by atoms with van der Waals surface area (Å²) in [6.45, 7) is 2.37. The highest BCUT2D eigenvalue weighted by Crippen LogP contribution is 2.32. The Morgan fingerprint density at radius 3 is 2.79 bits per heavy atom. The molecule has 0 fully saturated rings. The van der Waals surface area contributed by atoms with Gasteiger partial charge in [-0.05, 0) is 42.8 Å². The van der Waals surface area contributed by atoms with E-state index in [0.717, 1.165) is 10.2 Å². The van der Waals surface area contributed by atoms with Gasteiger partial charge in [0.1, 0.15) is 23.9 Å². The SMILES string of the molecule is Cc1ccc(-n2nc(C(=O)N3CCOc4cc(F)ccc43)ccc2=O)cc1Cl. The maximum absolute atomic E-state index is 13.4. The van der Waals surface area contributed by atoms with Crippen molar-refractivity contribution < 1.29 is 13.9 Å². The predicted molar refractivity (Wildman–Crippen MR) is 103 cm³/mol. The zero-order valence-electron chi connectivity index (χ0n) is 14.9. The van der Waals surface area contributed by atoms with Crippen LogP contribution in [0.3, 0.4) is 0 Å². The van der Waals surface area contributed by atoms with Crippen molar-refractivity contribution in [2.24, 2.45) is 0 Å². The lowest BCUT2D eigenvalue weighted by Gasteiger charge is -2.29. The Morgan fingerprint density at radius 1 is 1.18 bits per heavy atom. The van der Waals surface area contributed by atoms with Gasteiger partial charge in [-0.1, -0.05) is 17.7 Å². The summed E-state index contributed by atoms with van der Waals surface area (Å²) in [4.78, 5) is 26.8. The molecule has 1 amide bonds. The smallest absolute Gasteiger partial charge is 0.278 e. The van der Waals surface area contributed by atoms with Gasteiger partial charge in [0.2, 0.25) is 0 Å². The lowest BCUT2D eigenvalue weighted by atomic mass is 10.2. The fourth-order valence-corrected chi connectivity index (χ4v) is 3.14. The quantitative estimate of drug-likeness (QED) is 0.662. The van der Waals surface area contributed by atoms with Crippen LogP contribution in [0.4, 0.5) is 10.1 Å². The second kappa shape index (κ2) is 7.09. The van der Waals surface area contributed by atoms with E-state index < -0.39 is 11.7 Å². The molecule has 0 N–H and O–H groups in total. The highest BCUT2D eigenvalue weighted by molar-refractivity contribution is 6.31. The average Bonchev–Trinajstić information content (AvgIpc) is 2.69. The van der Waals surface area contributed by atoms with Crippen LogP contribution in [0.25, 0.3) is 5.69 Å². The molecule has 0 saturated carbocycles. The van der Waals surface area contributed by atoms with Crippen LogP contribution in [-0.4, -0.2) is 28.8 Å². The molecule has 0 radical (unpaired) electrons. The van der Waals surface area contributed by atoms with E-state index in [4.69, 9.17) is 16.3 Å². The summed E-state index contributed by atoms with van der Waals surface area (Å²) in [6, 6.07) is 11.7. The van der Waals surface area contributed by atoms with E-state index >= 15 is 0 Å². The van der Waals surface area contributed by atoms with Crippen molar-refractivity contribution in [2.75, 3.05) is 18.1 Å². The number of amides is 1. The van der Waals surface area contributed by atoms with Crippen LogP contribution in [-0.2, 0) is 0 Å². The van der Waals surface area contributed by atoms with Crippen molar-refractivity contribution in [3.63, 3.8) is 0 Å². The Morgan fingerprint density at radius 2 is 2.00 bits per heavy atom. The second-order valence-corrected chi connectivity index (χ2v) is 6.73. The lowest BCUT2D eigenvalue weighted by Crippen LogP contribution is -2.39. The highest BCUT2D eigenvalue weighted by atomic mass is 35.5. The minimum atomic E-state index is -0.448. The van der Waals surface area contributed by atoms with Gasteiger partial charge in [-0.15, -0.1) is 0 Å². The molecule has 0 atom stereocenters. The fraction of sp³-hybridized carbons (Fsp3) is 0.150. The minimum Gasteiger partial charge on any atom is -0.489 e. The van der Waals surface area contributed by atoms with Crippen LogP contribution in [0.1, 0.15) is 16.1 Å². The monoisotopic (exact) mass is 399 g/mol. The number of carbonyl (C=O) groups is 1. The molecular formula is C20H15ClFN3O3. The first-order valence-corrected chi connectivity index (χ1v) is 8.93. The Hall–Kier alpha value is -3.19. The van der Waals surface area contributed by atoms with Crippen LogP contribution >= 0.6 is 11.6 Å². The molecule has 3 aromatic rings. The third-order valence-corrected chi connectivity index (χ3v) is 4.86. The van der Waals surface area contributed by atoms with E-state index in [1.54, 1.807) is 18.2 Å². The van der Waals surface area contributed by atoms with Gasteiger partial charge in [0.15, 0.2) is 0 Å². The van der Waals surface area contributed by atoms with Crippen molar-refractivity contribution in [2.45, 2.75) is 6.92 Å². The number of nitrogens with zero attached hydrogens (tertiary/aromatic N) is 3. The number of benzene rings is 2. The summed E-state index contributed by atoms with van der Waals surface area (Å²) in [7, 11) is 0. The van der Waals surface area contributed by atoms with Crippen LogP contribution < -0.4 is 15.2 Å². The summed E-state index contributed by atoms with van der Waals surface area (Å²) in [5, 5.41) is 4.71. The molecule has 1 aliphatic heterocycles. The third-order valence-electron chi connectivity index (χ3n) is 4.45. The lowest BCUT2D eigenvalue weighted by molar-refractivity contribution is 0.0970. The minimum absolute atomic E-state index is 0.0773. The van der Waals surface area contributed by atoms with Gasteiger partial charge in [0, 0.05) is 17.2 Å². The zero-order chi connectivity index (χ0) is 19.8. The van der Waals surface area contributed by atoms with E-state index in [9.17, 15) is 14.0 Å². The van der Waals surface area contributed by atoms with E-state index in [-0.39, 0.29) is 24.4 Å². The first-order valence-electron chi connectivity index (χ1n) is 8.55. The summed E-state index contributed by atoms with van der Waals surface area (Å²) in [5.41, 5.74) is 1.47. The summed E-state index contributed by atoms with van der Waals surface area (Å²) < 4.78 is 20.0. The van der Waals surface area contributed by atoms with Crippen molar-refractivity contribution in [1.29, 1.82) is 0 Å². The van der Waals surface area contributed by atoms with Gasteiger partial charge in [0.05, 0.1) is 17.9 Å². The van der Waals surface area contributed by atoms with Crippen molar-refractivity contribution in [3.8, 4) is 11.4 Å². The highest BCUT2D eigenvalue weighted by Gasteiger charge is 2.26. The predicted octanol–water partition coefficient (Wildman–Crippen LogP) is 3.37. The summed E-state index contributed by atoms with van der Waals surface area (Å²) in [6.07, 6.45) is 0. The molecule has 2 aromatic carbocycles. The number of carbonyl (C=O) groups excluding carboxylic acids is 1. The normalized spacial score (nSPS) is 13.0. The van der Waals surface area contributed by atoms with Gasteiger partial charge in [-0.3, -0.25) is 9.59 Å². The van der Waals surface area contributed by atoms with Crippen LogP contribution in [0.2, 0.25) is 5.02 Å². The summed E-state index contributed by atoms with van der Waals surface area (Å²) >= 11 is 6.15. The molecule has 4 rings (SSSR count). The molecule has 0 saturated heterocycles. The first-order chi connectivity index (χ1) is 13.4. The maximum atomic E-state index is 13.4. The molecule has 6 nitrogen and oxygen atoms in total. The van der Waals surface area contributed by atoms with Crippen LogP contribution in [0.5, 0.6) is 5.75 Å². The van der Waals surface area contributed by atoms with Gasteiger partial charge in [-0.25, -0.2) is 4.39 Å². The van der Waals surface area contributed by atoms with Crippen molar-refractivity contribution in [3.05, 3.63) is 81.0 Å². The Kier molecular flexibility index (Phi) is 4.60. The van der Waals surface area contributed by atoms with Crippen molar-refractivity contribution >= 4 is 23.2 Å². The van der Waals surface area contributed by atoms with Crippen molar-refractivity contribution in [1.82, 2.24) is 9.78 Å². The van der Waals surface area contributed by atoms with Gasteiger partial charge >= 0.3 is 0 Å². The number of hydrogen-bond acceptors (Lipinski definition) is 4. The van der Waals surface area contributed by atoms with E-state index in [0.29, 0.717) is 22.1 Å². The number of ether oxygens (including phenoxy) is 1. The summed E-state index contributed by atoms with van der Waals surface area (Å²) in [5.74, 6) is -0.572. The fourth-order valence-electron chi connectivity index (χ4n) is 2.97. The first kappa shape index (κ1) is 18.2. The second-order valence-electron chi connectivity index (χ2n) is 6.32. The van der Waals surface area contributed by atoms with Gasteiger partial charge in [0.25, 0.3) is 11.5 Å². The van der Waals surface area contributed by atoms with Crippen LogP contribution in [0.15, 0.2) is 53.3 Å². The van der Waals surface area contributed by atoms with Crippen LogP contribution in [0, 0.1) is 12.7 Å². The Balaban J connectivity index is 1.74. The molecule has 142 valence electrons. The number of aromatic nitrogens is 2. The molecular weight excluding hydrogens is 385 g/mol. The molecule has 2 heterocycles. The number of rotatable bonds is 2. The third kappa shape index (κ3) is 3.25. The molecule has 0 bridgehead atoms. The van der Waals surface area contributed by atoms with E-state index in [1.165, 1.54) is 35.2 Å². The topological polar surface area (TPSA) is 64.4 Å². The molecule has 1 aliphatic rings. The molecule has 8 heteroatoms. The largest absolute Gasteiger partial charge is 0.489 e. The number of fused-ring (bicyclic) bond motifs is 1. The average molecular weight is 400 g/mol. The Labute approximate surface area is 164 Å². The molecule has 0 spiro atoms. The number of aryl methyl sites for hydroxylation is 1. The molecule has 0 unspecified atom stereocenters. The number of anilines is 1. The number of hydrogen-bond donors (Lipinski definition) is 0. The van der Waals surface area contributed by atoms with E-state index in [1.807, 2.05) is 6.92 Å². The Bertz CT molecular complexity index is 1150. The van der Waals surface area contributed by atoms with E-state index in [2.05, 4.69) is 5.10 Å².